The van der Waals surface area contributed by atoms with Crippen molar-refractivity contribution in [1.29, 1.82) is 0 Å². The lowest BCUT2D eigenvalue weighted by atomic mass is 10.1. The molecule has 0 unspecified atom stereocenters. The summed E-state index contributed by atoms with van der Waals surface area (Å²) in [5.74, 6) is 0.396. The second-order valence-electron chi connectivity index (χ2n) is 7.99. The van der Waals surface area contributed by atoms with Crippen molar-refractivity contribution in [2.24, 2.45) is 0 Å². The van der Waals surface area contributed by atoms with Crippen LogP contribution < -0.4 is 5.32 Å². The van der Waals surface area contributed by atoms with Gasteiger partial charge in [0.15, 0.2) is 11.6 Å². The van der Waals surface area contributed by atoms with E-state index < -0.39 is 5.97 Å². The number of benzene rings is 2. The van der Waals surface area contributed by atoms with Gasteiger partial charge in [-0.05, 0) is 35.2 Å². The highest BCUT2D eigenvalue weighted by molar-refractivity contribution is 5.89. The lowest BCUT2D eigenvalue weighted by molar-refractivity contribution is -0.136. The number of hydrogen-bond donors (Lipinski definition) is 2. The molecule has 0 bridgehead atoms. The first-order valence-electron chi connectivity index (χ1n) is 11.1. The van der Waals surface area contributed by atoms with Gasteiger partial charge in [0, 0.05) is 42.7 Å². The van der Waals surface area contributed by atoms with Crippen LogP contribution in [-0.2, 0) is 17.8 Å². The zero-order valence-corrected chi connectivity index (χ0v) is 18.4. The monoisotopic (exact) mass is 449 g/mol. The number of carbonyl (C=O) groups is 1. The van der Waals surface area contributed by atoms with E-state index in [9.17, 15) is 4.79 Å². The smallest absolute Gasteiger partial charge is 0.303 e. The van der Waals surface area contributed by atoms with E-state index >= 15 is 0 Å². The molecule has 5 rings (SSSR count). The number of pyridine rings is 1. The second-order valence-corrected chi connectivity index (χ2v) is 7.99. The first-order valence-corrected chi connectivity index (χ1v) is 11.1. The average Bonchev–Trinajstić information content (AvgIpc) is 3.32. The number of aromatic nitrogens is 4. The quantitative estimate of drug-likeness (QED) is 0.343. The highest BCUT2D eigenvalue weighted by atomic mass is 16.4. The van der Waals surface area contributed by atoms with E-state index in [2.05, 4.69) is 34.6 Å². The molecule has 168 valence electrons. The van der Waals surface area contributed by atoms with Crippen LogP contribution >= 0.6 is 0 Å². The van der Waals surface area contributed by atoms with Crippen LogP contribution in [-0.4, -0.2) is 30.7 Å². The predicted molar refractivity (Wildman–Crippen MR) is 131 cm³/mol. The number of rotatable bonds is 8. The molecule has 2 N–H and O–H groups in total. The Morgan fingerprint density at radius 3 is 2.44 bits per heavy atom. The van der Waals surface area contributed by atoms with Gasteiger partial charge in [-0.15, -0.1) is 5.10 Å². The molecule has 0 aliphatic heterocycles. The third kappa shape index (κ3) is 4.63. The Kier molecular flexibility index (Phi) is 5.99. The molecule has 3 aromatic heterocycles. The summed E-state index contributed by atoms with van der Waals surface area (Å²) in [6.45, 7) is 0.614. The van der Waals surface area contributed by atoms with Crippen LogP contribution in [0, 0.1) is 0 Å². The van der Waals surface area contributed by atoms with Crippen molar-refractivity contribution in [3.05, 3.63) is 103 Å². The summed E-state index contributed by atoms with van der Waals surface area (Å²) in [4.78, 5) is 20.1. The standard InChI is InChI=1S/C27H23N5O2/c33-24(34)12-11-20-15-22(18-28-16-20)26-30-27(29-17-19-7-3-1-4-8-19)25-23(13-14-32(25)31-26)21-9-5-2-6-10-21/h1-10,13-16,18H,11-12,17H2,(H,33,34)(H,29,30,31). The van der Waals surface area contributed by atoms with E-state index in [1.807, 2.05) is 59.2 Å². The van der Waals surface area contributed by atoms with Gasteiger partial charge in [0.1, 0.15) is 5.52 Å². The average molecular weight is 450 g/mol. The number of carboxylic acids is 1. The maximum Gasteiger partial charge on any atom is 0.303 e. The molecule has 0 aliphatic carbocycles. The zero-order chi connectivity index (χ0) is 23.3. The van der Waals surface area contributed by atoms with Crippen LogP contribution in [0.1, 0.15) is 17.5 Å². The van der Waals surface area contributed by atoms with Gasteiger partial charge in [-0.25, -0.2) is 9.50 Å². The zero-order valence-electron chi connectivity index (χ0n) is 18.4. The summed E-state index contributed by atoms with van der Waals surface area (Å²) < 4.78 is 1.84. The molecule has 0 fully saturated rings. The normalized spacial score (nSPS) is 10.9. The number of aliphatic carboxylic acids is 1. The third-order valence-electron chi connectivity index (χ3n) is 5.58. The molecule has 34 heavy (non-hydrogen) atoms. The number of hydrogen-bond acceptors (Lipinski definition) is 5. The Morgan fingerprint density at radius 1 is 0.912 bits per heavy atom. The molecule has 0 spiro atoms. The molecular formula is C27H23N5O2. The first-order chi connectivity index (χ1) is 16.7. The topological polar surface area (TPSA) is 92.4 Å². The SMILES string of the molecule is O=C(O)CCc1cncc(-c2nc(NCc3ccccc3)c3c(-c4ccccc4)ccn3n2)c1. The van der Waals surface area contributed by atoms with Gasteiger partial charge in [-0.3, -0.25) is 9.78 Å². The molecule has 0 radical (unpaired) electrons. The van der Waals surface area contributed by atoms with E-state index in [1.54, 1.807) is 12.4 Å². The van der Waals surface area contributed by atoms with Crippen molar-refractivity contribution in [3.63, 3.8) is 0 Å². The third-order valence-corrected chi connectivity index (χ3v) is 5.58. The highest BCUT2D eigenvalue weighted by Crippen LogP contribution is 2.31. The fraction of sp³-hybridized carbons (Fsp3) is 0.111. The van der Waals surface area contributed by atoms with E-state index in [0.29, 0.717) is 24.6 Å². The summed E-state index contributed by atoms with van der Waals surface area (Å²) in [6.07, 6.45) is 5.77. The van der Waals surface area contributed by atoms with Crippen LogP contribution in [0.25, 0.3) is 28.0 Å². The molecule has 7 nitrogen and oxygen atoms in total. The summed E-state index contributed by atoms with van der Waals surface area (Å²) in [7, 11) is 0. The Morgan fingerprint density at radius 2 is 1.68 bits per heavy atom. The van der Waals surface area contributed by atoms with Crippen LogP contribution in [0.4, 0.5) is 5.82 Å². The van der Waals surface area contributed by atoms with Crippen LogP contribution in [0.15, 0.2) is 91.4 Å². The largest absolute Gasteiger partial charge is 0.481 e. The molecule has 7 heteroatoms. The van der Waals surface area contributed by atoms with Crippen LogP contribution in [0.3, 0.4) is 0 Å². The predicted octanol–water partition coefficient (Wildman–Crippen LogP) is 5.09. The van der Waals surface area contributed by atoms with Gasteiger partial charge in [0.05, 0.1) is 0 Å². The number of anilines is 1. The molecule has 0 saturated carbocycles. The Bertz CT molecular complexity index is 1430. The molecule has 0 saturated heterocycles. The molecule has 2 aromatic carbocycles. The van der Waals surface area contributed by atoms with Gasteiger partial charge in [-0.1, -0.05) is 60.7 Å². The van der Waals surface area contributed by atoms with Gasteiger partial charge < -0.3 is 10.4 Å². The summed E-state index contributed by atoms with van der Waals surface area (Å²) in [5.41, 5.74) is 5.73. The van der Waals surface area contributed by atoms with E-state index in [0.717, 1.165) is 33.3 Å². The fourth-order valence-corrected chi connectivity index (χ4v) is 3.90. The van der Waals surface area contributed by atoms with Crippen LogP contribution in [0.2, 0.25) is 0 Å². The minimum atomic E-state index is -0.837. The summed E-state index contributed by atoms with van der Waals surface area (Å²) in [6, 6.07) is 24.3. The molecule has 0 atom stereocenters. The maximum atomic E-state index is 11.0. The van der Waals surface area contributed by atoms with E-state index in [4.69, 9.17) is 15.2 Å². The maximum absolute atomic E-state index is 11.0. The van der Waals surface area contributed by atoms with E-state index in [-0.39, 0.29) is 6.42 Å². The molecule has 5 aromatic rings. The molecular weight excluding hydrogens is 426 g/mol. The van der Waals surface area contributed by atoms with Gasteiger partial charge in [-0.2, -0.15) is 0 Å². The lowest BCUT2D eigenvalue weighted by Gasteiger charge is -2.12. The minimum absolute atomic E-state index is 0.0486. The summed E-state index contributed by atoms with van der Waals surface area (Å²) >= 11 is 0. The van der Waals surface area contributed by atoms with E-state index in [1.165, 1.54) is 0 Å². The Balaban J connectivity index is 1.58. The number of nitrogens with one attached hydrogen (secondary N) is 1. The van der Waals surface area contributed by atoms with Gasteiger partial charge in [0.25, 0.3) is 0 Å². The molecule has 0 aliphatic rings. The minimum Gasteiger partial charge on any atom is -0.481 e. The van der Waals surface area contributed by atoms with Crippen molar-refractivity contribution in [3.8, 4) is 22.5 Å². The highest BCUT2D eigenvalue weighted by Gasteiger charge is 2.16. The second kappa shape index (κ2) is 9.54. The number of carboxylic acid groups (broad SMARTS) is 1. The number of aryl methyl sites for hydroxylation is 1. The Labute approximate surface area is 196 Å². The first kappa shape index (κ1) is 21.3. The molecule has 3 heterocycles. The summed E-state index contributed by atoms with van der Waals surface area (Å²) in [5, 5.41) is 17.3. The van der Waals surface area contributed by atoms with Gasteiger partial charge >= 0.3 is 5.97 Å². The van der Waals surface area contributed by atoms with Crippen molar-refractivity contribution in [2.75, 3.05) is 5.32 Å². The lowest BCUT2D eigenvalue weighted by Crippen LogP contribution is -2.07. The van der Waals surface area contributed by atoms with Crippen molar-refractivity contribution in [1.82, 2.24) is 19.6 Å². The fourth-order valence-electron chi connectivity index (χ4n) is 3.90. The van der Waals surface area contributed by atoms with Crippen LogP contribution in [0.5, 0.6) is 0 Å². The number of nitrogens with zero attached hydrogens (tertiary/aromatic N) is 4. The van der Waals surface area contributed by atoms with Crippen molar-refractivity contribution >= 4 is 17.3 Å². The number of fused-ring (bicyclic) bond motifs is 1. The Hall–Kier alpha value is -4.52. The van der Waals surface area contributed by atoms with Crippen molar-refractivity contribution in [2.45, 2.75) is 19.4 Å². The van der Waals surface area contributed by atoms with Gasteiger partial charge in [0.2, 0.25) is 0 Å². The molecule has 0 amide bonds. The van der Waals surface area contributed by atoms with Crippen molar-refractivity contribution < 1.29 is 9.90 Å².